The lowest BCUT2D eigenvalue weighted by Gasteiger charge is -2.27. The maximum atomic E-state index is 13.6. The summed E-state index contributed by atoms with van der Waals surface area (Å²) >= 11 is 15.4. The summed E-state index contributed by atoms with van der Waals surface area (Å²) in [6, 6.07) is 5.34. The third-order valence-electron chi connectivity index (χ3n) is 3.35. The number of amides is 1. The minimum atomic E-state index is -0.764. The monoisotopic (exact) mass is 474 g/mol. The fourth-order valence-corrected chi connectivity index (χ4v) is 3.01. The fourth-order valence-electron chi connectivity index (χ4n) is 2.31. The van der Waals surface area contributed by atoms with Crippen molar-refractivity contribution < 1.29 is 13.9 Å². The van der Waals surface area contributed by atoms with Gasteiger partial charge in [0.05, 0.1) is 21.4 Å². The zero-order chi connectivity index (χ0) is 19.9. The molecule has 0 unspecified atom stereocenters. The maximum Gasteiger partial charge on any atom is 0.420 e. The standard InChI is InChI=1S/C17H14BrCl2FN4O2/c1-17(2,3)27-16(26)24(9-4-5-12(21)11(19)6-9)14-7-13(20)23-15-10(18)8-22-25(14)15/h4-8H,1-3H3. The van der Waals surface area contributed by atoms with Gasteiger partial charge in [0.25, 0.3) is 0 Å². The molecule has 142 valence electrons. The lowest BCUT2D eigenvalue weighted by atomic mass is 10.2. The molecule has 10 heteroatoms. The number of benzene rings is 1. The number of aromatic nitrogens is 3. The molecule has 1 aromatic carbocycles. The number of hydrogen-bond donors (Lipinski definition) is 0. The van der Waals surface area contributed by atoms with Crippen molar-refractivity contribution in [2.24, 2.45) is 0 Å². The number of ether oxygens (including phenoxy) is 1. The van der Waals surface area contributed by atoms with Crippen LogP contribution in [0.5, 0.6) is 0 Å². The van der Waals surface area contributed by atoms with Gasteiger partial charge in [0.1, 0.15) is 22.4 Å². The Morgan fingerprint density at radius 3 is 2.63 bits per heavy atom. The van der Waals surface area contributed by atoms with Gasteiger partial charge in [-0.3, -0.25) is 0 Å². The van der Waals surface area contributed by atoms with Crippen molar-refractivity contribution in [1.82, 2.24) is 14.6 Å². The number of carbonyl (C=O) groups is 1. The van der Waals surface area contributed by atoms with Gasteiger partial charge in [-0.05, 0) is 54.9 Å². The molecule has 2 heterocycles. The smallest absolute Gasteiger partial charge is 0.420 e. The van der Waals surface area contributed by atoms with E-state index in [1.807, 2.05) is 0 Å². The second-order valence-electron chi connectivity index (χ2n) is 6.58. The SMILES string of the molecule is CC(C)(C)OC(=O)N(c1ccc(F)c(Cl)c1)c1cc(Cl)nc2c(Br)cnn12. The molecule has 0 radical (unpaired) electrons. The Labute approximate surface area is 173 Å². The average molecular weight is 476 g/mol. The topological polar surface area (TPSA) is 59.7 Å². The highest BCUT2D eigenvalue weighted by atomic mass is 79.9. The third-order valence-corrected chi connectivity index (χ3v) is 4.39. The number of halogens is 4. The Bertz CT molecular complexity index is 1040. The molecule has 0 aliphatic carbocycles. The second-order valence-corrected chi connectivity index (χ2v) is 8.23. The molecule has 0 aliphatic rings. The van der Waals surface area contributed by atoms with E-state index in [1.54, 1.807) is 20.8 Å². The summed E-state index contributed by atoms with van der Waals surface area (Å²) in [5.41, 5.74) is -0.0788. The van der Waals surface area contributed by atoms with Crippen LogP contribution < -0.4 is 4.90 Å². The molecular formula is C17H14BrCl2FN4O2. The van der Waals surface area contributed by atoms with Crippen LogP contribution in [0.3, 0.4) is 0 Å². The van der Waals surface area contributed by atoms with Crippen LogP contribution in [0.1, 0.15) is 20.8 Å². The van der Waals surface area contributed by atoms with Crippen LogP contribution in [0.25, 0.3) is 5.65 Å². The minimum Gasteiger partial charge on any atom is -0.443 e. The van der Waals surface area contributed by atoms with Gasteiger partial charge in [0, 0.05) is 6.07 Å². The molecule has 0 saturated carbocycles. The Kier molecular flexibility index (Phi) is 5.33. The first-order chi connectivity index (χ1) is 12.6. The summed E-state index contributed by atoms with van der Waals surface area (Å²) in [5, 5.41) is 4.22. The maximum absolute atomic E-state index is 13.6. The molecule has 27 heavy (non-hydrogen) atoms. The highest BCUT2D eigenvalue weighted by Crippen LogP contribution is 2.33. The van der Waals surface area contributed by atoms with Crippen molar-refractivity contribution in [1.29, 1.82) is 0 Å². The van der Waals surface area contributed by atoms with Crippen LogP contribution in [0.15, 0.2) is 34.9 Å². The number of hydrogen-bond acceptors (Lipinski definition) is 4. The van der Waals surface area contributed by atoms with Crippen molar-refractivity contribution in [3.63, 3.8) is 0 Å². The molecule has 0 saturated heterocycles. The van der Waals surface area contributed by atoms with Crippen LogP contribution in [0.4, 0.5) is 20.7 Å². The van der Waals surface area contributed by atoms with Crippen LogP contribution in [0, 0.1) is 5.82 Å². The number of carbonyl (C=O) groups excluding carboxylic acids is 1. The van der Waals surface area contributed by atoms with Crippen molar-refractivity contribution in [2.45, 2.75) is 26.4 Å². The molecule has 0 bridgehead atoms. The lowest BCUT2D eigenvalue weighted by molar-refractivity contribution is 0.0597. The summed E-state index contributed by atoms with van der Waals surface area (Å²) in [6.07, 6.45) is 0.813. The molecular weight excluding hydrogens is 462 g/mol. The number of rotatable bonds is 2. The highest BCUT2D eigenvalue weighted by Gasteiger charge is 2.28. The third kappa shape index (κ3) is 4.17. The van der Waals surface area contributed by atoms with E-state index < -0.39 is 17.5 Å². The zero-order valence-corrected chi connectivity index (χ0v) is 17.6. The molecule has 0 fully saturated rings. The van der Waals surface area contributed by atoms with Gasteiger partial charge in [0.15, 0.2) is 5.65 Å². The Hall–Kier alpha value is -1.90. The van der Waals surface area contributed by atoms with Crippen LogP contribution in [0.2, 0.25) is 10.2 Å². The first-order valence-corrected chi connectivity index (χ1v) is 9.29. The Morgan fingerprint density at radius 2 is 2.00 bits per heavy atom. The summed E-state index contributed by atoms with van der Waals surface area (Å²) in [6.45, 7) is 5.21. The van der Waals surface area contributed by atoms with Gasteiger partial charge in [-0.25, -0.2) is 19.1 Å². The highest BCUT2D eigenvalue weighted by molar-refractivity contribution is 9.10. The Balaban J connectivity index is 2.24. The van der Waals surface area contributed by atoms with Gasteiger partial charge >= 0.3 is 6.09 Å². The van der Waals surface area contributed by atoms with E-state index in [1.165, 1.54) is 33.8 Å². The van der Waals surface area contributed by atoms with Crippen molar-refractivity contribution in [2.75, 3.05) is 4.90 Å². The van der Waals surface area contributed by atoms with Crippen LogP contribution in [-0.2, 0) is 4.74 Å². The number of anilines is 2. The quantitative estimate of drug-likeness (QED) is 0.426. The second kappa shape index (κ2) is 7.26. The van der Waals surface area contributed by atoms with E-state index in [0.717, 1.165) is 6.07 Å². The summed E-state index contributed by atoms with van der Waals surface area (Å²) in [5.74, 6) is -0.350. The van der Waals surface area contributed by atoms with E-state index in [2.05, 4.69) is 26.0 Å². The summed E-state index contributed by atoms with van der Waals surface area (Å²) in [4.78, 5) is 18.4. The van der Waals surface area contributed by atoms with Gasteiger partial charge < -0.3 is 4.74 Å². The predicted molar refractivity (Wildman–Crippen MR) is 105 cm³/mol. The van der Waals surface area contributed by atoms with E-state index in [9.17, 15) is 9.18 Å². The summed E-state index contributed by atoms with van der Waals surface area (Å²) < 4.78 is 21.1. The normalized spacial score (nSPS) is 11.7. The molecule has 0 spiro atoms. The van der Waals surface area contributed by atoms with Crippen molar-refractivity contribution >= 4 is 62.4 Å². The Morgan fingerprint density at radius 1 is 1.30 bits per heavy atom. The lowest BCUT2D eigenvalue weighted by Crippen LogP contribution is -2.35. The van der Waals surface area contributed by atoms with Crippen molar-refractivity contribution in [3.05, 3.63) is 50.9 Å². The van der Waals surface area contributed by atoms with Crippen LogP contribution in [-0.4, -0.2) is 26.3 Å². The first-order valence-electron chi connectivity index (χ1n) is 7.75. The zero-order valence-electron chi connectivity index (χ0n) is 14.5. The summed E-state index contributed by atoms with van der Waals surface area (Å²) in [7, 11) is 0. The predicted octanol–water partition coefficient (Wildman–Crippen LogP) is 6.01. The van der Waals surface area contributed by atoms with Crippen LogP contribution >= 0.6 is 39.1 Å². The molecule has 3 aromatic rings. The molecule has 0 aliphatic heterocycles. The van der Waals surface area contributed by atoms with E-state index in [0.29, 0.717) is 10.1 Å². The molecule has 0 atom stereocenters. The molecule has 2 aromatic heterocycles. The molecule has 3 rings (SSSR count). The number of fused-ring (bicyclic) bond motifs is 1. The molecule has 6 nitrogen and oxygen atoms in total. The molecule has 1 amide bonds. The van der Waals surface area contributed by atoms with Gasteiger partial charge in [-0.1, -0.05) is 23.2 Å². The average Bonchev–Trinajstić information content (AvgIpc) is 2.90. The van der Waals surface area contributed by atoms with Crippen molar-refractivity contribution in [3.8, 4) is 0 Å². The fraction of sp³-hybridized carbons (Fsp3) is 0.235. The van der Waals surface area contributed by atoms with Gasteiger partial charge in [-0.15, -0.1) is 0 Å². The van der Waals surface area contributed by atoms with Gasteiger partial charge in [-0.2, -0.15) is 9.61 Å². The van der Waals surface area contributed by atoms with Gasteiger partial charge in [0.2, 0.25) is 0 Å². The van der Waals surface area contributed by atoms with E-state index in [-0.39, 0.29) is 21.7 Å². The van der Waals surface area contributed by atoms with E-state index >= 15 is 0 Å². The first kappa shape index (κ1) is 19.9. The minimum absolute atomic E-state index is 0.139. The number of nitrogens with zero attached hydrogens (tertiary/aromatic N) is 4. The van der Waals surface area contributed by atoms with E-state index in [4.69, 9.17) is 27.9 Å². The molecule has 0 N–H and O–H groups in total. The largest absolute Gasteiger partial charge is 0.443 e.